The van der Waals surface area contributed by atoms with E-state index in [2.05, 4.69) is 46.3 Å². The number of nitrogens with one attached hydrogen (secondary N) is 1. The van der Waals surface area contributed by atoms with Crippen LogP contribution in [0.3, 0.4) is 0 Å². The Labute approximate surface area is 174 Å². The van der Waals surface area contributed by atoms with Gasteiger partial charge in [0.15, 0.2) is 0 Å². The molecule has 1 rings (SSSR count). The molecule has 0 saturated heterocycles. The number of rotatable bonds is 7. The molecule has 28 heavy (non-hydrogen) atoms. The number of nitrogens with zero attached hydrogens (tertiary/aromatic N) is 1. The highest BCUT2D eigenvalue weighted by Gasteiger charge is 2.44. The van der Waals surface area contributed by atoms with Gasteiger partial charge in [0.1, 0.15) is 5.84 Å². The van der Waals surface area contributed by atoms with E-state index in [4.69, 9.17) is 4.99 Å². The second-order valence-electron chi connectivity index (χ2n) is 9.90. The lowest BCUT2D eigenvalue weighted by Crippen LogP contribution is -2.49. The number of amidine groups is 1. The van der Waals surface area contributed by atoms with Crippen molar-refractivity contribution in [3.8, 4) is 0 Å². The van der Waals surface area contributed by atoms with E-state index in [1.807, 2.05) is 39.8 Å². The first-order chi connectivity index (χ1) is 12.6. The van der Waals surface area contributed by atoms with Gasteiger partial charge in [-0.1, -0.05) is 75.9 Å². The fourth-order valence-corrected chi connectivity index (χ4v) is 11.5. The van der Waals surface area contributed by atoms with E-state index < -0.39 is 18.1 Å². The summed E-state index contributed by atoms with van der Waals surface area (Å²) in [5.41, 5.74) is 2.27. The average Bonchev–Trinajstić information content (AvgIpc) is 2.49. The van der Waals surface area contributed by atoms with Crippen LogP contribution in [0.25, 0.3) is 0 Å². The van der Waals surface area contributed by atoms with E-state index in [0.717, 1.165) is 11.6 Å². The SMILES string of the molecule is Cc1ccc(S(=O)(=O)NC(C[Si](C(C)C)(C(C)C)C(C)C)=NC(C)(C)C)cc1. The summed E-state index contributed by atoms with van der Waals surface area (Å²) in [6.45, 7) is 21.7. The molecule has 0 heterocycles. The normalized spacial score (nSPS) is 14.2. The summed E-state index contributed by atoms with van der Waals surface area (Å²) in [5, 5.41) is 0. The van der Waals surface area contributed by atoms with Crippen LogP contribution in [0.4, 0.5) is 0 Å². The Balaban J connectivity index is 3.42. The van der Waals surface area contributed by atoms with E-state index in [1.165, 1.54) is 0 Å². The molecule has 0 bridgehead atoms. The molecule has 0 saturated carbocycles. The molecule has 0 aliphatic carbocycles. The zero-order chi connectivity index (χ0) is 21.9. The zero-order valence-corrected chi connectivity index (χ0v) is 21.2. The van der Waals surface area contributed by atoms with Gasteiger partial charge >= 0.3 is 0 Å². The van der Waals surface area contributed by atoms with Crippen molar-refractivity contribution in [2.75, 3.05) is 0 Å². The summed E-state index contributed by atoms with van der Waals surface area (Å²) in [6.07, 6.45) is 0. The third-order valence-electron chi connectivity index (χ3n) is 5.75. The highest BCUT2D eigenvalue weighted by atomic mass is 32.2. The molecule has 0 unspecified atom stereocenters. The van der Waals surface area contributed by atoms with Crippen LogP contribution in [0.2, 0.25) is 22.7 Å². The van der Waals surface area contributed by atoms with Crippen LogP contribution >= 0.6 is 0 Å². The number of sulfonamides is 1. The Morgan fingerprint density at radius 1 is 0.964 bits per heavy atom. The van der Waals surface area contributed by atoms with Gasteiger partial charge in [-0.15, -0.1) is 0 Å². The summed E-state index contributed by atoms with van der Waals surface area (Å²) in [7, 11) is -5.51. The van der Waals surface area contributed by atoms with E-state index in [-0.39, 0.29) is 10.4 Å². The molecule has 4 nitrogen and oxygen atoms in total. The second kappa shape index (κ2) is 9.12. The quantitative estimate of drug-likeness (QED) is 0.324. The molecule has 1 aromatic carbocycles. The first-order valence-electron chi connectivity index (χ1n) is 10.3. The summed E-state index contributed by atoms with van der Waals surface area (Å²) >= 11 is 0. The Hall–Kier alpha value is -1.14. The topological polar surface area (TPSA) is 58.5 Å². The molecule has 0 radical (unpaired) electrons. The Bertz CT molecular complexity index is 752. The molecule has 0 amide bonds. The lowest BCUT2D eigenvalue weighted by atomic mass is 10.1. The van der Waals surface area contributed by atoms with Gasteiger partial charge in [0.05, 0.1) is 18.5 Å². The van der Waals surface area contributed by atoms with E-state index >= 15 is 0 Å². The molecule has 1 aromatic rings. The van der Waals surface area contributed by atoms with Gasteiger partial charge < -0.3 is 0 Å². The van der Waals surface area contributed by atoms with Crippen molar-refractivity contribution >= 4 is 23.9 Å². The summed E-state index contributed by atoms with van der Waals surface area (Å²) in [4.78, 5) is 5.11. The van der Waals surface area contributed by atoms with Gasteiger partial charge in [-0.3, -0.25) is 9.71 Å². The minimum Gasteiger partial charge on any atom is -0.267 e. The summed E-state index contributed by atoms with van der Waals surface area (Å²) < 4.78 is 29.0. The molecule has 0 aliphatic rings. The number of hydrogen-bond donors (Lipinski definition) is 1. The second-order valence-corrected chi connectivity index (χ2v) is 17.6. The van der Waals surface area contributed by atoms with Crippen LogP contribution in [-0.4, -0.2) is 27.9 Å². The van der Waals surface area contributed by atoms with E-state index in [0.29, 0.717) is 22.5 Å². The number of hydrogen-bond acceptors (Lipinski definition) is 3. The van der Waals surface area contributed by atoms with Gasteiger partial charge in [0.25, 0.3) is 10.0 Å². The molecule has 0 aliphatic heterocycles. The average molecular weight is 425 g/mol. The van der Waals surface area contributed by atoms with Gasteiger partial charge in [0.2, 0.25) is 0 Å². The largest absolute Gasteiger partial charge is 0.267 e. The Kier molecular flexibility index (Phi) is 8.11. The molecule has 0 atom stereocenters. The number of benzene rings is 1. The van der Waals surface area contributed by atoms with Crippen LogP contribution in [0.5, 0.6) is 0 Å². The molecule has 0 fully saturated rings. The fraction of sp³-hybridized carbons (Fsp3) is 0.682. The lowest BCUT2D eigenvalue weighted by Gasteiger charge is -2.43. The predicted octanol–water partition coefficient (Wildman–Crippen LogP) is 6.15. The van der Waals surface area contributed by atoms with Crippen LogP contribution < -0.4 is 4.72 Å². The minimum atomic E-state index is -3.66. The Morgan fingerprint density at radius 2 is 1.39 bits per heavy atom. The predicted molar refractivity (Wildman–Crippen MR) is 125 cm³/mol. The maximum atomic E-state index is 13.1. The molecular weight excluding hydrogens is 384 g/mol. The molecule has 160 valence electrons. The minimum absolute atomic E-state index is 0.283. The van der Waals surface area contributed by atoms with Gasteiger partial charge in [-0.2, -0.15) is 0 Å². The van der Waals surface area contributed by atoms with Crippen LogP contribution in [-0.2, 0) is 10.0 Å². The summed E-state index contributed by atoms with van der Waals surface area (Å²) in [5.74, 6) is 0.607. The van der Waals surface area contributed by atoms with Crippen LogP contribution in [0.1, 0.15) is 67.9 Å². The first-order valence-corrected chi connectivity index (χ1v) is 14.2. The first kappa shape index (κ1) is 24.9. The third kappa shape index (κ3) is 6.18. The molecule has 0 spiro atoms. The standard InChI is InChI=1S/C22H40N2O2SSi/c1-16(2)28(17(3)4,18(5)6)15-21(23-22(8,9)10)24-27(25,26)20-13-11-19(7)12-14-20/h11-14,16-18H,15H2,1-10H3,(H,23,24). The fourth-order valence-electron chi connectivity index (χ4n) is 4.34. The third-order valence-corrected chi connectivity index (χ3v) is 14.5. The zero-order valence-electron chi connectivity index (χ0n) is 19.4. The smallest absolute Gasteiger partial charge is 0.262 e. The van der Waals surface area contributed by atoms with Gasteiger partial charge in [0, 0.05) is 6.04 Å². The number of aryl methyl sites for hydroxylation is 1. The van der Waals surface area contributed by atoms with Crippen LogP contribution in [0.15, 0.2) is 34.2 Å². The van der Waals surface area contributed by atoms with E-state index in [9.17, 15) is 8.42 Å². The highest BCUT2D eigenvalue weighted by molar-refractivity contribution is 7.90. The van der Waals surface area contributed by atoms with Gasteiger partial charge in [-0.05, 0) is 39.8 Å². The highest BCUT2D eigenvalue weighted by Crippen LogP contribution is 2.44. The van der Waals surface area contributed by atoms with Crippen molar-refractivity contribution in [2.45, 2.75) is 102 Å². The van der Waals surface area contributed by atoms with Crippen molar-refractivity contribution in [3.05, 3.63) is 29.8 Å². The lowest BCUT2D eigenvalue weighted by molar-refractivity contribution is 0.576. The van der Waals surface area contributed by atoms with Crippen molar-refractivity contribution in [3.63, 3.8) is 0 Å². The van der Waals surface area contributed by atoms with Gasteiger partial charge in [-0.25, -0.2) is 8.42 Å². The molecule has 0 aromatic heterocycles. The van der Waals surface area contributed by atoms with Crippen molar-refractivity contribution in [1.82, 2.24) is 4.72 Å². The maximum Gasteiger partial charge on any atom is 0.262 e. The monoisotopic (exact) mass is 424 g/mol. The van der Waals surface area contributed by atoms with Crippen molar-refractivity contribution < 1.29 is 8.42 Å². The molecule has 6 heteroatoms. The number of aliphatic imine (C=N–C) groups is 1. The van der Waals surface area contributed by atoms with E-state index in [1.54, 1.807) is 12.1 Å². The molecule has 1 N–H and O–H groups in total. The van der Waals surface area contributed by atoms with Crippen molar-refractivity contribution in [2.24, 2.45) is 4.99 Å². The maximum absolute atomic E-state index is 13.1. The molecular formula is C22H40N2O2SSi. The Morgan fingerprint density at radius 3 is 1.75 bits per heavy atom. The van der Waals surface area contributed by atoms with Crippen LogP contribution in [0, 0.1) is 6.92 Å². The summed E-state index contributed by atoms with van der Waals surface area (Å²) in [6, 6.07) is 7.70. The van der Waals surface area contributed by atoms with Crippen molar-refractivity contribution in [1.29, 1.82) is 0 Å².